The fourth-order valence-electron chi connectivity index (χ4n) is 3.23. The van der Waals surface area contributed by atoms with E-state index in [0.29, 0.717) is 6.04 Å². The molecule has 0 spiro atoms. The summed E-state index contributed by atoms with van der Waals surface area (Å²) in [6.07, 6.45) is 9.42. The van der Waals surface area contributed by atoms with Gasteiger partial charge in [-0.3, -0.25) is 0 Å². The van der Waals surface area contributed by atoms with Crippen LogP contribution in [-0.4, -0.2) is 6.54 Å². The van der Waals surface area contributed by atoms with Crippen LogP contribution in [-0.2, 0) is 0 Å². The van der Waals surface area contributed by atoms with E-state index in [-0.39, 0.29) is 0 Å². The van der Waals surface area contributed by atoms with Crippen LogP contribution >= 0.6 is 27.5 Å². The second kappa shape index (κ2) is 8.41. The van der Waals surface area contributed by atoms with Gasteiger partial charge in [-0.25, -0.2) is 0 Å². The average Bonchev–Trinajstić information content (AvgIpc) is 2.70. The number of hydrogen-bond acceptors (Lipinski definition) is 1. The SMILES string of the molecule is CCCNC(c1ccc(Cl)cc1Br)C1CCCCCC1. The highest BCUT2D eigenvalue weighted by Crippen LogP contribution is 2.37. The largest absolute Gasteiger partial charge is 0.310 e. The topological polar surface area (TPSA) is 12.0 Å². The molecule has 0 aromatic heterocycles. The maximum atomic E-state index is 6.09. The summed E-state index contributed by atoms with van der Waals surface area (Å²) in [7, 11) is 0. The summed E-state index contributed by atoms with van der Waals surface area (Å²) in [6, 6.07) is 6.68. The molecule has 1 N–H and O–H groups in total. The first-order valence-electron chi connectivity index (χ1n) is 7.90. The number of halogens is 2. The van der Waals surface area contributed by atoms with Crippen molar-refractivity contribution in [2.75, 3.05) is 6.54 Å². The third-order valence-electron chi connectivity index (χ3n) is 4.28. The monoisotopic (exact) mass is 357 g/mol. The van der Waals surface area contributed by atoms with E-state index in [1.54, 1.807) is 0 Å². The van der Waals surface area contributed by atoms with Crippen LogP contribution < -0.4 is 5.32 Å². The van der Waals surface area contributed by atoms with Gasteiger partial charge in [0.1, 0.15) is 0 Å². The van der Waals surface area contributed by atoms with Crippen LogP contribution in [0.2, 0.25) is 5.02 Å². The Morgan fingerprint density at radius 2 is 1.95 bits per heavy atom. The van der Waals surface area contributed by atoms with Gasteiger partial charge in [0.25, 0.3) is 0 Å². The van der Waals surface area contributed by atoms with Gasteiger partial charge in [-0.1, -0.05) is 66.2 Å². The van der Waals surface area contributed by atoms with E-state index in [1.807, 2.05) is 12.1 Å². The zero-order valence-electron chi connectivity index (χ0n) is 12.3. The van der Waals surface area contributed by atoms with Crippen molar-refractivity contribution in [2.45, 2.75) is 57.9 Å². The van der Waals surface area contributed by atoms with Crippen LogP contribution in [0.3, 0.4) is 0 Å². The van der Waals surface area contributed by atoms with Crippen LogP contribution in [0.1, 0.15) is 63.5 Å². The van der Waals surface area contributed by atoms with E-state index in [0.717, 1.165) is 22.0 Å². The molecule has 1 aliphatic carbocycles. The van der Waals surface area contributed by atoms with Crippen LogP contribution in [0.15, 0.2) is 22.7 Å². The third kappa shape index (κ3) is 4.47. The fourth-order valence-corrected chi connectivity index (χ4v) is 4.16. The predicted octanol–water partition coefficient (Wildman–Crippen LogP) is 6.11. The smallest absolute Gasteiger partial charge is 0.0417 e. The molecule has 1 aromatic carbocycles. The van der Waals surface area contributed by atoms with Crippen LogP contribution in [0, 0.1) is 5.92 Å². The van der Waals surface area contributed by atoms with Crippen molar-refractivity contribution in [1.82, 2.24) is 5.32 Å². The number of benzene rings is 1. The lowest BCUT2D eigenvalue weighted by molar-refractivity contribution is 0.325. The number of nitrogens with one attached hydrogen (secondary N) is 1. The summed E-state index contributed by atoms with van der Waals surface area (Å²) in [5.41, 5.74) is 1.37. The van der Waals surface area contributed by atoms with E-state index in [1.165, 1.54) is 50.5 Å². The summed E-state index contributed by atoms with van der Waals surface area (Å²) in [4.78, 5) is 0. The van der Waals surface area contributed by atoms with Gasteiger partial charge in [-0.2, -0.15) is 0 Å². The van der Waals surface area contributed by atoms with Crippen molar-refractivity contribution in [1.29, 1.82) is 0 Å². The van der Waals surface area contributed by atoms with Crippen molar-refractivity contribution in [2.24, 2.45) is 5.92 Å². The zero-order chi connectivity index (χ0) is 14.4. The molecule has 0 heterocycles. The molecule has 1 atom stereocenters. The lowest BCUT2D eigenvalue weighted by Gasteiger charge is -2.29. The fraction of sp³-hybridized carbons (Fsp3) is 0.647. The summed E-state index contributed by atoms with van der Waals surface area (Å²) >= 11 is 9.79. The van der Waals surface area contributed by atoms with Crippen molar-refractivity contribution in [3.8, 4) is 0 Å². The zero-order valence-corrected chi connectivity index (χ0v) is 14.6. The molecule has 1 nitrogen and oxygen atoms in total. The Hall–Kier alpha value is -0.0500. The molecular formula is C17H25BrClN. The molecule has 1 unspecified atom stereocenters. The Labute approximate surface area is 136 Å². The first kappa shape index (κ1) is 16.3. The minimum atomic E-state index is 0.458. The minimum Gasteiger partial charge on any atom is -0.310 e. The molecule has 0 bridgehead atoms. The highest BCUT2D eigenvalue weighted by Gasteiger charge is 2.25. The lowest BCUT2D eigenvalue weighted by atomic mass is 9.87. The van der Waals surface area contributed by atoms with Crippen molar-refractivity contribution in [3.63, 3.8) is 0 Å². The second-order valence-corrected chi connectivity index (χ2v) is 7.14. The molecule has 112 valence electrons. The van der Waals surface area contributed by atoms with Crippen LogP contribution in [0.25, 0.3) is 0 Å². The summed E-state index contributed by atoms with van der Waals surface area (Å²) in [5, 5.41) is 4.57. The van der Waals surface area contributed by atoms with Gasteiger partial charge in [0.15, 0.2) is 0 Å². The quantitative estimate of drug-likeness (QED) is 0.626. The highest BCUT2D eigenvalue weighted by molar-refractivity contribution is 9.10. The maximum Gasteiger partial charge on any atom is 0.0417 e. The van der Waals surface area contributed by atoms with Gasteiger partial charge in [0, 0.05) is 15.5 Å². The number of hydrogen-bond donors (Lipinski definition) is 1. The molecule has 1 aliphatic rings. The maximum absolute atomic E-state index is 6.09. The van der Waals surface area contributed by atoms with E-state index in [2.05, 4.69) is 34.2 Å². The van der Waals surface area contributed by atoms with E-state index in [4.69, 9.17) is 11.6 Å². The number of rotatable bonds is 5. The Kier molecular flexibility index (Phi) is 6.86. The Bertz CT molecular complexity index is 413. The van der Waals surface area contributed by atoms with Crippen molar-refractivity contribution in [3.05, 3.63) is 33.3 Å². The van der Waals surface area contributed by atoms with E-state index >= 15 is 0 Å². The highest BCUT2D eigenvalue weighted by atomic mass is 79.9. The lowest BCUT2D eigenvalue weighted by Crippen LogP contribution is -2.29. The predicted molar refractivity (Wildman–Crippen MR) is 91.4 cm³/mol. The Balaban J connectivity index is 2.20. The summed E-state index contributed by atoms with van der Waals surface area (Å²) in [6.45, 7) is 3.31. The molecule has 0 amide bonds. The standard InChI is InChI=1S/C17H25BrClN/c1-2-11-20-17(13-7-5-3-4-6-8-13)15-10-9-14(19)12-16(15)18/h9-10,12-13,17,20H,2-8,11H2,1H3. The van der Waals surface area contributed by atoms with Gasteiger partial charge in [-0.15, -0.1) is 0 Å². The second-order valence-electron chi connectivity index (χ2n) is 5.85. The van der Waals surface area contributed by atoms with Crippen LogP contribution in [0.5, 0.6) is 0 Å². The van der Waals surface area contributed by atoms with E-state index in [9.17, 15) is 0 Å². The first-order chi connectivity index (χ1) is 9.72. The van der Waals surface area contributed by atoms with Gasteiger partial charge in [0.05, 0.1) is 0 Å². The molecule has 3 heteroatoms. The molecule has 0 saturated heterocycles. The molecule has 2 rings (SSSR count). The van der Waals surface area contributed by atoms with Gasteiger partial charge >= 0.3 is 0 Å². The van der Waals surface area contributed by atoms with Gasteiger partial charge in [0.2, 0.25) is 0 Å². The molecule has 0 radical (unpaired) electrons. The molecular weight excluding hydrogens is 334 g/mol. The molecule has 1 saturated carbocycles. The Morgan fingerprint density at radius 3 is 2.55 bits per heavy atom. The molecule has 1 fully saturated rings. The molecule has 1 aromatic rings. The van der Waals surface area contributed by atoms with Crippen LogP contribution in [0.4, 0.5) is 0 Å². The minimum absolute atomic E-state index is 0.458. The Morgan fingerprint density at radius 1 is 1.25 bits per heavy atom. The van der Waals surface area contributed by atoms with Crippen molar-refractivity contribution < 1.29 is 0 Å². The summed E-state index contributed by atoms with van der Waals surface area (Å²) < 4.78 is 1.14. The summed E-state index contributed by atoms with van der Waals surface area (Å²) in [5.74, 6) is 0.751. The molecule has 0 aliphatic heterocycles. The third-order valence-corrected chi connectivity index (χ3v) is 5.20. The van der Waals surface area contributed by atoms with Gasteiger partial charge in [-0.05, 0) is 49.4 Å². The molecule has 20 heavy (non-hydrogen) atoms. The van der Waals surface area contributed by atoms with Crippen molar-refractivity contribution >= 4 is 27.5 Å². The van der Waals surface area contributed by atoms with E-state index < -0.39 is 0 Å². The normalized spacial score (nSPS) is 18.8. The van der Waals surface area contributed by atoms with Gasteiger partial charge < -0.3 is 5.32 Å². The first-order valence-corrected chi connectivity index (χ1v) is 9.07. The average molecular weight is 359 g/mol.